The summed E-state index contributed by atoms with van der Waals surface area (Å²) in [6.45, 7) is 2.06. The summed E-state index contributed by atoms with van der Waals surface area (Å²) in [5, 5.41) is 3.25. The van der Waals surface area contributed by atoms with Crippen LogP contribution in [0.3, 0.4) is 0 Å². The molecule has 1 unspecified atom stereocenters. The summed E-state index contributed by atoms with van der Waals surface area (Å²) in [6, 6.07) is 11.1. The molecule has 1 amide bonds. The fraction of sp³-hybridized carbons (Fsp3) is 0.300. The number of carbonyl (C=O) groups is 1. The van der Waals surface area contributed by atoms with E-state index in [0.29, 0.717) is 0 Å². The number of pyridine rings is 1. The van der Waals surface area contributed by atoms with E-state index >= 15 is 0 Å². The normalized spacial score (nSPS) is 12.1. The van der Waals surface area contributed by atoms with Crippen LogP contribution in [0.1, 0.15) is 41.7 Å². The maximum absolute atomic E-state index is 12.8. The molecule has 3 rings (SSSR count). The van der Waals surface area contributed by atoms with Crippen molar-refractivity contribution in [3.05, 3.63) is 74.6 Å². The summed E-state index contributed by atoms with van der Waals surface area (Å²) in [6.07, 6.45) is 3.11. The summed E-state index contributed by atoms with van der Waals surface area (Å²) >= 11 is 0. The Bertz CT molecular complexity index is 1100. The largest absolute Gasteiger partial charge is 0.345 e. The van der Waals surface area contributed by atoms with Gasteiger partial charge in [0.2, 0.25) is 0 Å². The standard InChI is InChI=1S/C20H22N4O3/c1-4-8-16(13-9-6-5-7-10-13)22-18(25)14-11-15-17(21-12-14)23(2)20(27)24(3)19(15)26/h5-7,9-12,16H,4,8H2,1-3H3,(H,22,25). The van der Waals surface area contributed by atoms with Gasteiger partial charge in [-0.1, -0.05) is 43.7 Å². The average molecular weight is 366 g/mol. The van der Waals surface area contributed by atoms with Crippen LogP contribution in [0.25, 0.3) is 11.0 Å². The lowest BCUT2D eigenvalue weighted by atomic mass is 10.0. The molecule has 0 saturated carbocycles. The van der Waals surface area contributed by atoms with E-state index in [0.717, 1.165) is 23.0 Å². The Balaban J connectivity index is 1.98. The second kappa shape index (κ2) is 7.57. The minimum absolute atomic E-state index is 0.123. The molecule has 2 heterocycles. The molecule has 140 valence electrons. The Kier molecular flexibility index (Phi) is 5.21. The van der Waals surface area contributed by atoms with Crippen LogP contribution < -0.4 is 16.6 Å². The third kappa shape index (κ3) is 3.53. The lowest BCUT2D eigenvalue weighted by Gasteiger charge is -2.18. The number of rotatable bonds is 5. The van der Waals surface area contributed by atoms with Crippen molar-refractivity contribution >= 4 is 16.9 Å². The van der Waals surface area contributed by atoms with Gasteiger partial charge in [-0.3, -0.25) is 18.7 Å². The number of amides is 1. The summed E-state index contributed by atoms with van der Waals surface area (Å²) in [5.41, 5.74) is 0.649. The lowest BCUT2D eigenvalue weighted by Crippen LogP contribution is -2.37. The maximum atomic E-state index is 12.8. The van der Waals surface area contributed by atoms with E-state index in [9.17, 15) is 14.4 Å². The van der Waals surface area contributed by atoms with Gasteiger partial charge in [0.05, 0.1) is 17.0 Å². The number of aromatic nitrogens is 3. The molecule has 2 aromatic heterocycles. The number of nitrogens with one attached hydrogen (secondary N) is 1. The van der Waals surface area contributed by atoms with Gasteiger partial charge in [-0.15, -0.1) is 0 Å². The van der Waals surface area contributed by atoms with Gasteiger partial charge in [-0.2, -0.15) is 0 Å². The average Bonchev–Trinajstić information content (AvgIpc) is 2.70. The van der Waals surface area contributed by atoms with E-state index in [1.54, 1.807) is 7.05 Å². The van der Waals surface area contributed by atoms with Crippen molar-refractivity contribution in [1.82, 2.24) is 19.4 Å². The summed E-state index contributed by atoms with van der Waals surface area (Å²) in [7, 11) is 2.95. The molecule has 27 heavy (non-hydrogen) atoms. The van der Waals surface area contributed by atoms with Crippen LogP contribution in [0, 0.1) is 0 Å². The maximum Gasteiger partial charge on any atom is 0.332 e. The summed E-state index contributed by atoms with van der Waals surface area (Å²) in [4.78, 5) is 41.3. The van der Waals surface area contributed by atoms with Crippen molar-refractivity contribution < 1.29 is 4.79 Å². The quantitative estimate of drug-likeness (QED) is 0.747. The Hall–Kier alpha value is -3.22. The highest BCUT2D eigenvalue weighted by Crippen LogP contribution is 2.19. The van der Waals surface area contributed by atoms with Crippen molar-refractivity contribution in [2.24, 2.45) is 14.1 Å². The van der Waals surface area contributed by atoms with Gasteiger partial charge in [0, 0.05) is 20.3 Å². The molecule has 0 saturated heterocycles. The molecule has 3 aromatic rings. The molecule has 0 radical (unpaired) electrons. The number of fused-ring (bicyclic) bond motifs is 1. The zero-order valence-corrected chi connectivity index (χ0v) is 15.6. The van der Waals surface area contributed by atoms with Crippen LogP contribution in [-0.4, -0.2) is 20.0 Å². The van der Waals surface area contributed by atoms with Gasteiger partial charge >= 0.3 is 5.69 Å². The molecular weight excluding hydrogens is 344 g/mol. The van der Waals surface area contributed by atoms with E-state index < -0.39 is 11.2 Å². The molecule has 1 atom stereocenters. The van der Waals surface area contributed by atoms with Crippen molar-refractivity contribution in [1.29, 1.82) is 0 Å². The summed E-state index contributed by atoms with van der Waals surface area (Å²) in [5.74, 6) is -0.303. The van der Waals surface area contributed by atoms with Crippen LogP contribution >= 0.6 is 0 Å². The van der Waals surface area contributed by atoms with E-state index in [4.69, 9.17) is 0 Å². The number of benzene rings is 1. The summed E-state index contributed by atoms with van der Waals surface area (Å²) < 4.78 is 2.30. The fourth-order valence-corrected chi connectivity index (χ4v) is 3.13. The highest BCUT2D eigenvalue weighted by Gasteiger charge is 2.17. The molecule has 0 aliphatic carbocycles. The predicted octanol–water partition coefficient (Wildman–Crippen LogP) is 1.90. The van der Waals surface area contributed by atoms with E-state index in [1.165, 1.54) is 23.9 Å². The van der Waals surface area contributed by atoms with Crippen LogP contribution in [0.2, 0.25) is 0 Å². The lowest BCUT2D eigenvalue weighted by molar-refractivity contribution is 0.0934. The van der Waals surface area contributed by atoms with Gasteiger partial charge in [0.1, 0.15) is 5.65 Å². The van der Waals surface area contributed by atoms with Crippen molar-refractivity contribution in [3.63, 3.8) is 0 Å². The zero-order valence-electron chi connectivity index (χ0n) is 15.6. The van der Waals surface area contributed by atoms with Gasteiger partial charge in [-0.05, 0) is 18.1 Å². The smallest absolute Gasteiger partial charge is 0.332 e. The third-order valence-electron chi connectivity index (χ3n) is 4.64. The highest BCUT2D eigenvalue weighted by molar-refractivity contribution is 5.96. The van der Waals surface area contributed by atoms with E-state index in [1.807, 2.05) is 30.3 Å². The number of aryl methyl sites for hydroxylation is 1. The molecule has 0 spiro atoms. The minimum Gasteiger partial charge on any atom is -0.345 e. The Labute approximate surface area is 156 Å². The highest BCUT2D eigenvalue weighted by atomic mass is 16.2. The number of hydrogen-bond donors (Lipinski definition) is 1. The molecule has 7 nitrogen and oxygen atoms in total. The van der Waals surface area contributed by atoms with Crippen LogP contribution in [0.15, 0.2) is 52.2 Å². The number of hydrogen-bond acceptors (Lipinski definition) is 4. The monoisotopic (exact) mass is 366 g/mol. The molecule has 1 N–H and O–H groups in total. The molecule has 7 heteroatoms. The Morgan fingerprint density at radius 3 is 2.52 bits per heavy atom. The number of nitrogens with zero attached hydrogens (tertiary/aromatic N) is 3. The fourth-order valence-electron chi connectivity index (χ4n) is 3.13. The van der Waals surface area contributed by atoms with E-state index in [-0.39, 0.29) is 28.5 Å². The van der Waals surface area contributed by atoms with Gasteiger partial charge in [-0.25, -0.2) is 9.78 Å². The van der Waals surface area contributed by atoms with Gasteiger partial charge in [0.25, 0.3) is 11.5 Å². The van der Waals surface area contributed by atoms with Crippen LogP contribution in [0.5, 0.6) is 0 Å². The molecule has 1 aromatic carbocycles. The predicted molar refractivity (Wildman–Crippen MR) is 104 cm³/mol. The van der Waals surface area contributed by atoms with E-state index in [2.05, 4.69) is 17.2 Å². The minimum atomic E-state index is -0.469. The van der Waals surface area contributed by atoms with Gasteiger partial charge in [0.15, 0.2) is 0 Å². The first kappa shape index (κ1) is 18.6. The third-order valence-corrected chi connectivity index (χ3v) is 4.64. The van der Waals surface area contributed by atoms with Crippen molar-refractivity contribution in [2.45, 2.75) is 25.8 Å². The SMILES string of the molecule is CCCC(NC(=O)c1cnc2c(c1)c(=O)n(C)c(=O)n2C)c1ccccc1. The molecule has 0 fully saturated rings. The molecule has 0 aliphatic heterocycles. The second-order valence-electron chi connectivity index (χ2n) is 6.53. The zero-order chi connectivity index (χ0) is 19.6. The molecule has 0 aliphatic rings. The first-order chi connectivity index (χ1) is 12.9. The second-order valence-corrected chi connectivity index (χ2v) is 6.53. The first-order valence-electron chi connectivity index (χ1n) is 8.85. The van der Waals surface area contributed by atoms with Crippen LogP contribution in [0.4, 0.5) is 0 Å². The van der Waals surface area contributed by atoms with Crippen molar-refractivity contribution in [3.8, 4) is 0 Å². The Morgan fingerprint density at radius 1 is 1.15 bits per heavy atom. The molecule has 0 bridgehead atoms. The Morgan fingerprint density at radius 2 is 1.85 bits per heavy atom. The number of carbonyl (C=O) groups excluding carboxylic acids is 1. The first-order valence-corrected chi connectivity index (χ1v) is 8.85. The van der Waals surface area contributed by atoms with Gasteiger partial charge < -0.3 is 5.32 Å². The topological polar surface area (TPSA) is 86.0 Å². The van der Waals surface area contributed by atoms with Crippen LogP contribution in [-0.2, 0) is 14.1 Å². The molecular formula is C20H22N4O3. The van der Waals surface area contributed by atoms with Crippen molar-refractivity contribution in [2.75, 3.05) is 0 Å².